The quantitative estimate of drug-likeness (QED) is 0.786. The van der Waals surface area contributed by atoms with E-state index >= 15 is 0 Å². The van der Waals surface area contributed by atoms with Crippen LogP contribution in [0.4, 0.5) is 5.82 Å². The van der Waals surface area contributed by atoms with Gasteiger partial charge in [0.05, 0.1) is 11.7 Å². The Bertz CT molecular complexity index is 431. The number of rotatable bonds is 2. The van der Waals surface area contributed by atoms with Crippen molar-refractivity contribution in [2.24, 2.45) is 0 Å². The number of aromatic nitrogens is 2. The molecule has 0 atom stereocenters. The van der Waals surface area contributed by atoms with Gasteiger partial charge in [0.25, 0.3) is 0 Å². The van der Waals surface area contributed by atoms with Crippen LogP contribution < -0.4 is 4.90 Å². The number of hydrogen-bond acceptors (Lipinski definition) is 2. The highest BCUT2D eigenvalue weighted by Gasteiger charge is 2.06. The topological polar surface area (TPSA) is 31.9 Å². The van der Waals surface area contributed by atoms with Crippen molar-refractivity contribution in [1.29, 1.82) is 0 Å². The van der Waals surface area contributed by atoms with Crippen molar-refractivity contribution in [3.63, 3.8) is 0 Å². The van der Waals surface area contributed by atoms with E-state index < -0.39 is 0 Å². The van der Waals surface area contributed by atoms with E-state index in [1.165, 1.54) is 5.39 Å². The summed E-state index contributed by atoms with van der Waals surface area (Å²) in [4.78, 5) is 9.69. The van der Waals surface area contributed by atoms with Crippen LogP contribution in [0.3, 0.4) is 0 Å². The van der Waals surface area contributed by atoms with Gasteiger partial charge in [0.15, 0.2) is 0 Å². The number of nitrogens with one attached hydrogen (secondary N) is 1. The van der Waals surface area contributed by atoms with Crippen molar-refractivity contribution in [2.75, 3.05) is 11.9 Å². The van der Waals surface area contributed by atoms with Crippen LogP contribution in [0.15, 0.2) is 24.5 Å². The maximum absolute atomic E-state index is 4.39. The number of fused-ring (bicyclic) bond motifs is 1. The molecule has 0 fully saturated rings. The van der Waals surface area contributed by atoms with Gasteiger partial charge in [-0.15, -0.1) is 0 Å². The maximum atomic E-state index is 4.39. The van der Waals surface area contributed by atoms with Gasteiger partial charge in [-0.05, 0) is 26.0 Å². The van der Waals surface area contributed by atoms with E-state index in [1.807, 2.05) is 12.4 Å². The second-order valence-corrected chi connectivity index (χ2v) is 3.81. The van der Waals surface area contributed by atoms with E-state index in [4.69, 9.17) is 0 Å². The Kier molecular flexibility index (Phi) is 2.15. The molecule has 14 heavy (non-hydrogen) atoms. The average molecular weight is 189 g/mol. The summed E-state index contributed by atoms with van der Waals surface area (Å²) in [6, 6.07) is 4.64. The molecule has 0 spiro atoms. The van der Waals surface area contributed by atoms with Gasteiger partial charge in [0.1, 0.15) is 5.82 Å². The largest absolute Gasteiger partial charge is 0.360 e. The van der Waals surface area contributed by atoms with E-state index in [0.29, 0.717) is 6.04 Å². The molecule has 0 radical (unpaired) electrons. The first-order valence-corrected chi connectivity index (χ1v) is 4.84. The lowest BCUT2D eigenvalue weighted by Gasteiger charge is -2.22. The van der Waals surface area contributed by atoms with E-state index in [1.54, 1.807) is 0 Å². The van der Waals surface area contributed by atoms with E-state index in [0.717, 1.165) is 11.3 Å². The summed E-state index contributed by atoms with van der Waals surface area (Å²) >= 11 is 0. The third-order valence-corrected chi connectivity index (χ3v) is 2.56. The predicted molar refractivity (Wildman–Crippen MR) is 59.6 cm³/mol. The Hall–Kier alpha value is -1.51. The molecule has 0 aliphatic carbocycles. The predicted octanol–water partition coefficient (Wildman–Crippen LogP) is 2.41. The summed E-state index contributed by atoms with van der Waals surface area (Å²) < 4.78 is 0. The number of aromatic amines is 1. The van der Waals surface area contributed by atoms with Gasteiger partial charge in [-0.1, -0.05) is 0 Å². The minimum Gasteiger partial charge on any atom is -0.360 e. The second kappa shape index (κ2) is 3.33. The molecule has 0 saturated carbocycles. The smallest absolute Gasteiger partial charge is 0.129 e. The minimum atomic E-state index is 0.471. The molecule has 2 aromatic rings. The molecule has 2 rings (SSSR count). The first kappa shape index (κ1) is 9.06. The molecule has 0 aliphatic heterocycles. The molecule has 1 N–H and O–H groups in total. The SMILES string of the molecule is CC(C)N(C)c1cc2cc[nH]c2cn1. The number of nitrogens with zero attached hydrogens (tertiary/aromatic N) is 2. The number of H-pyrrole nitrogens is 1. The number of pyridine rings is 1. The third-order valence-electron chi connectivity index (χ3n) is 2.56. The summed E-state index contributed by atoms with van der Waals surface area (Å²) in [6.45, 7) is 4.31. The van der Waals surface area contributed by atoms with Crippen molar-refractivity contribution in [1.82, 2.24) is 9.97 Å². The molecule has 0 amide bonds. The summed E-state index contributed by atoms with van der Waals surface area (Å²) in [6.07, 6.45) is 3.81. The van der Waals surface area contributed by atoms with Crippen molar-refractivity contribution in [2.45, 2.75) is 19.9 Å². The molecule has 74 valence electrons. The fourth-order valence-corrected chi connectivity index (χ4v) is 1.40. The molecular formula is C11H15N3. The van der Waals surface area contributed by atoms with E-state index in [-0.39, 0.29) is 0 Å². The fourth-order valence-electron chi connectivity index (χ4n) is 1.40. The summed E-state index contributed by atoms with van der Waals surface area (Å²) in [7, 11) is 2.06. The normalized spacial score (nSPS) is 11.1. The molecule has 3 heteroatoms. The lowest BCUT2D eigenvalue weighted by atomic mass is 10.3. The molecule has 0 aliphatic rings. The summed E-state index contributed by atoms with van der Waals surface area (Å²) in [5, 5.41) is 1.21. The van der Waals surface area contributed by atoms with Crippen LogP contribution in [0, 0.1) is 0 Å². The summed E-state index contributed by atoms with van der Waals surface area (Å²) in [5.41, 5.74) is 1.09. The molecule has 2 heterocycles. The standard InChI is InChI=1S/C11H15N3/c1-8(2)14(3)11-6-9-4-5-12-10(9)7-13-11/h4-8,12H,1-3H3. The molecule has 3 nitrogen and oxygen atoms in total. The van der Waals surface area contributed by atoms with Crippen molar-refractivity contribution in [3.8, 4) is 0 Å². The van der Waals surface area contributed by atoms with Crippen LogP contribution >= 0.6 is 0 Å². The number of anilines is 1. The Morgan fingerprint density at radius 2 is 2.21 bits per heavy atom. The number of hydrogen-bond donors (Lipinski definition) is 1. The van der Waals surface area contributed by atoms with Crippen molar-refractivity contribution >= 4 is 16.7 Å². The van der Waals surface area contributed by atoms with Gasteiger partial charge in [-0.2, -0.15) is 0 Å². The van der Waals surface area contributed by atoms with Gasteiger partial charge < -0.3 is 9.88 Å². The Balaban J connectivity index is 2.43. The zero-order valence-electron chi connectivity index (χ0n) is 8.78. The third kappa shape index (κ3) is 1.45. The highest BCUT2D eigenvalue weighted by Crippen LogP contribution is 2.18. The van der Waals surface area contributed by atoms with Crippen LogP contribution in [0.5, 0.6) is 0 Å². The van der Waals surface area contributed by atoms with Crippen LogP contribution in [-0.2, 0) is 0 Å². The molecule has 0 unspecified atom stereocenters. The van der Waals surface area contributed by atoms with E-state index in [2.05, 4.69) is 47.9 Å². The molecule has 0 saturated heterocycles. The highest BCUT2D eigenvalue weighted by molar-refractivity contribution is 5.81. The molecule has 2 aromatic heterocycles. The first-order valence-electron chi connectivity index (χ1n) is 4.84. The molecular weight excluding hydrogens is 174 g/mol. The average Bonchev–Trinajstić information content (AvgIpc) is 2.62. The summed E-state index contributed by atoms with van der Waals surface area (Å²) in [5.74, 6) is 1.02. The zero-order chi connectivity index (χ0) is 10.1. The van der Waals surface area contributed by atoms with Gasteiger partial charge in [0.2, 0.25) is 0 Å². The Morgan fingerprint density at radius 3 is 2.93 bits per heavy atom. The molecule has 0 aromatic carbocycles. The highest BCUT2D eigenvalue weighted by atomic mass is 15.2. The molecule has 0 bridgehead atoms. The lowest BCUT2D eigenvalue weighted by Crippen LogP contribution is -2.26. The monoisotopic (exact) mass is 189 g/mol. The van der Waals surface area contributed by atoms with Crippen LogP contribution in [0.2, 0.25) is 0 Å². The van der Waals surface area contributed by atoms with Crippen LogP contribution in [0.25, 0.3) is 10.9 Å². The maximum Gasteiger partial charge on any atom is 0.129 e. The second-order valence-electron chi connectivity index (χ2n) is 3.81. The van der Waals surface area contributed by atoms with Gasteiger partial charge in [0, 0.05) is 24.7 Å². The minimum absolute atomic E-state index is 0.471. The lowest BCUT2D eigenvalue weighted by molar-refractivity contribution is 0.744. The van der Waals surface area contributed by atoms with Crippen molar-refractivity contribution in [3.05, 3.63) is 24.5 Å². The van der Waals surface area contributed by atoms with Gasteiger partial charge in [-0.3, -0.25) is 0 Å². The zero-order valence-corrected chi connectivity index (χ0v) is 8.78. The van der Waals surface area contributed by atoms with Gasteiger partial charge in [-0.25, -0.2) is 4.98 Å². The first-order chi connectivity index (χ1) is 6.68. The van der Waals surface area contributed by atoms with Gasteiger partial charge >= 0.3 is 0 Å². The van der Waals surface area contributed by atoms with Crippen LogP contribution in [-0.4, -0.2) is 23.1 Å². The Morgan fingerprint density at radius 1 is 1.43 bits per heavy atom. The van der Waals surface area contributed by atoms with Crippen molar-refractivity contribution < 1.29 is 0 Å². The van der Waals surface area contributed by atoms with Crippen LogP contribution in [0.1, 0.15) is 13.8 Å². The fraction of sp³-hybridized carbons (Fsp3) is 0.364. The Labute approximate surface area is 83.8 Å². The van der Waals surface area contributed by atoms with E-state index in [9.17, 15) is 0 Å².